The monoisotopic (exact) mass is 492 g/mol. The summed E-state index contributed by atoms with van der Waals surface area (Å²) in [6.45, 7) is 1.06. The van der Waals surface area contributed by atoms with E-state index in [-0.39, 0.29) is 17.9 Å². The second-order valence-electron chi connectivity index (χ2n) is 8.90. The van der Waals surface area contributed by atoms with Crippen LogP contribution in [0.25, 0.3) is 22.2 Å². The number of aromatic nitrogens is 1. The molecule has 3 aromatic carbocycles. The van der Waals surface area contributed by atoms with Gasteiger partial charge in [0.25, 0.3) is 11.9 Å². The number of hydrogen-bond acceptors (Lipinski definition) is 5. The van der Waals surface area contributed by atoms with Crippen LogP contribution in [0.5, 0.6) is 0 Å². The Labute approximate surface area is 208 Å². The summed E-state index contributed by atoms with van der Waals surface area (Å²) in [5.41, 5.74) is 3.99. The second-order valence-corrected chi connectivity index (χ2v) is 9.31. The van der Waals surface area contributed by atoms with E-state index in [1.165, 1.54) is 25.0 Å². The van der Waals surface area contributed by atoms with Gasteiger partial charge in [-0.15, -0.1) is 0 Å². The number of halogens is 2. The normalized spacial score (nSPS) is 16.4. The first-order valence-corrected chi connectivity index (χ1v) is 12.0. The number of amides is 1. The number of nitrogens with one attached hydrogen (secondary N) is 1. The minimum absolute atomic E-state index is 0.245. The number of carbonyl (C=O) groups excluding carboxylic acids is 1. The van der Waals surface area contributed by atoms with Crippen LogP contribution in [0.4, 0.5) is 16.1 Å². The zero-order chi connectivity index (χ0) is 24.5. The van der Waals surface area contributed by atoms with Crippen molar-refractivity contribution < 1.29 is 13.6 Å². The smallest absolute Gasteiger partial charge is 0.299 e. The number of likely N-dealkylation sites (tertiary alicyclic amines) is 1. The minimum Gasteiger partial charge on any atom is -0.423 e. The predicted octanol–water partition coefficient (Wildman–Crippen LogP) is 6.42. The lowest BCUT2D eigenvalue weighted by Gasteiger charge is -2.37. The highest BCUT2D eigenvalue weighted by molar-refractivity contribution is 6.33. The zero-order valence-corrected chi connectivity index (χ0v) is 20.3. The van der Waals surface area contributed by atoms with Crippen LogP contribution in [0.2, 0.25) is 5.02 Å². The van der Waals surface area contributed by atoms with Gasteiger partial charge in [0, 0.05) is 23.9 Å². The van der Waals surface area contributed by atoms with E-state index in [1.54, 1.807) is 36.4 Å². The summed E-state index contributed by atoms with van der Waals surface area (Å²) >= 11 is 6.16. The molecular formula is C27H26ClFN4O2. The fourth-order valence-corrected chi connectivity index (χ4v) is 4.82. The number of fused-ring (bicyclic) bond motifs is 1. The van der Waals surface area contributed by atoms with Gasteiger partial charge >= 0.3 is 0 Å². The molecule has 1 saturated heterocycles. The number of hydrogen-bond donors (Lipinski definition) is 1. The molecule has 4 aromatic rings. The van der Waals surface area contributed by atoms with Crippen molar-refractivity contribution in [3.8, 4) is 11.1 Å². The Morgan fingerprint density at radius 3 is 2.69 bits per heavy atom. The van der Waals surface area contributed by atoms with E-state index < -0.39 is 0 Å². The molecule has 1 atom stereocenters. The van der Waals surface area contributed by atoms with Crippen LogP contribution in [0.15, 0.2) is 65.1 Å². The topological polar surface area (TPSA) is 61.6 Å². The molecule has 8 heteroatoms. The lowest BCUT2D eigenvalue weighted by Crippen LogP contribution is -2.47. The molecule has 1 unspecified atom stereocenters. The molecule has 1 aliphatic rings. The van der Waals surface area contributed by atoms with Gasteiger partial charge in [-0.2, -0.15) is 4.98 Å². The lowest BCUT2D eigenvalue weighted by molar-refractivity contribution is 0.102. The molecule has 0 aliphatic carbocycles. The maximum atomic E-state index is 13.3. The largest absolute Gasteiger partial charge is 0.423 e. The number of rotatable bonds is 5. The number of piperidine rings is 1. The van der Waals surface area contributed by atoms with Crippen molar-refractivity contribution >= 4 is 40.3 Å². The Kier molecular flexibility index (Phi) is 6.45. The summed E-state index contributed by atoms with van der Waals surface area (Å²) in [6.07, 6.45) is 3.72. The predicted molar refractivity (Wildman–Crippen MR) is 137 cm³/mol. The van der Waals surface area contributed by atoms with Crippen molar-refractivity contribution in [2.45, 2.75) is 25.4 Å². The van der Waals surface area contributed by atoms with Gasteiger partial charge in [-0.25, -0.2) is 4.39 Å². The first-order valence-electron chi connectivity index (χ1n) is 11.6. The van der Waals surface area contributed by atoms with Crippen molar-refractivity contribution in [2.75, 3.05) is 30.9 Å². The number of oxazole rings is 1. The molecule has 0 spiro atoms. The number of anilines is 2. The summed E-state index contributed by atoms with van der Waals surface area (Å²) < 4.78 is 19.3. The fraction of sp³-hybridized carbons (Fsp3) is 0.259. The number of nitrogens with zero attached hydrogens (tertiary/aromatic N) is 3. The summed E-state index contributed by atoms with van der Waals surface area (Å²) in [6, 6.07) is 17.3. The van der Waals surface area contributed by atoms with Crippen molar-refractivity contribution in [1.82, 2.24) is 9.88 Å². The van der Waals surface area contributed by atoms with Gasteiger partial charge in [-0.3, -0.25) is 9.69 Å². The average Bonchev–Trinajstić information content (AvgIpc) is 3.28. The molecule has 1 N–H and O–H groups in total. The Hall–Kier alpha value is -3.42. The van der Waals surface area contributed by atoms with Crippen molar-refractivity contribution in [3.63, 3.8) is 0 Å². The molecular weight excluding hydrogens is 467 g/mol. The van der Waals surface area contributed by atoms with Crippen molar-refractivity contribution in [2.24, 2.45) is 0 Å². The maximum absolute atomic E-state index is 13.3. The Bertz CT molecular complexity index is 1370. The third kappa shape index (κ3) is 4.88. The number of carbonyl (C=O) groups is 1. The Balaban J connectivity index is 1.30. The molecule has 35 heavy (non-hydrogen) atoms. The highest BCUT2D eigenvalue weighted by atomic mass is 35.5. The van der Waals surface area contributed by atoms with Crippen molar-refractivity contribution in [3.05, 3.63) is 77.1 Å². The molecule has 1 fully saturated rings. The van der Waals surface area contributed by atoms with Gasteiger partial charge in [-0.1, -0.05) is 23.7 Å². The lowest BCUT2D eigenvalue weighted by atomic mass is 10.0. The molecule has 5 rings (SSSR count). The van der Waals surface area contributed by atoms with Crippen molar-refractivity contribution in [1.29, 1.82) is 0 Å². The van der Waals surface area contributed by atoms with E-state index in [9.17, 15) is 9.18 Å². The van der Waals surface area contributed by atoms with Gasteiger partial charge in [0.05, 0.1) is 11.2 Å². The van der Waals surface area contributed by atoms with Gasteiger partial charge in [0.2, 0.25) is 0 Å². The van der Waals surface area contributed by atoms with E-state index in [4.69, 9.17) is 16.0 Å². The van der Waals surface area contributed by atoms with Crippen LogP contribution >= 0.6 is 11.6 Å². The summed E-state index contributed by atoms with van der Waals surface area (Å²) in [7, 11) is 4.13. The van der Waals surface area contributed by atoms with Crippen LogP contribution in [0, 0.1) is 5.82 Å². The standard InChI is InChI=1S/C27H26ClFN4O2/c1-32-14-4-3-5-25(32)33(2)27-31-23-16-20(11-13-24(23)35-27)30-26(34)18-8-6-17(7-9-18)21-12-10-19(29)15-22(21)28/h6-13,15-16,25H,3-5,14H2,1-2H3,(H,30,34). The van der Waals surface area contributed by atoms with E-state index in [2.05, 4.69) is 27.1 Å². The van der Waals surface area contributed by atoms with Gasteiger partial charge in [0.1, 0.15) is 11.3 Å². The maximum Gasteiger partial charge on any atom is 0.299 e. The van der Waals surface area contributed by atoms with Gasteiger partial charge < -0.3 is 14.6 Å². The van der Waals surface area contributed by atoms with E-state index in [0.717, 1.165) is 18.5 Å². The SMILES string of the molecule is CN1CCCCC1N(C)c1nc2cc(NC(=O)c3ccc(-c4ccc(F)cc4Cl)cc3)ccc2o1. The molecule has 1 aliphatic heterocycles. The molecule has 180 valence electrons. The quantitative estimate of drug-likeness (QED) is 0.348. The first-order chi connectivity index (χ1) is 16.9. The summed E-state index contributed by atoms with van der Waals surface area (Å²) in [5, 5.41) is 3.24. The van der Waals surface area contributed by atoms with Gasteiger partial charge in [-0.05, 0) is 86.9 Å². The molecule has 2 heterocycles. The molecule has 6 nitrogen and oxygen atoms in total. The molecule has 0 radical (unpaired) electrons. The Morgan fingerprint density at radius 2 is 1.94 bits per heavy atom. The number of benzene rings is 3. The van der Waals surface area contributed by atoms with Crippen LogP contribution < -0.4 is 10.2 Å². The average molecular weight is 493 g/mol. The molecule has 0 saturated carbocycles. The molecule has 1 amide bonds. The fourth-order valence-electron chi connectivity index (χ4n) is 4.55. The molecule has 0 bridgehead atoms. The van der Waals surface area contributed by atoms with Crippen LogP contribution in [-0.2, 0) is 0 Å². The third-order valence-corrected chi connectivity index (χ3v) is 6.82. The molecule has 1 aromatic heterocycles. The third-order valence-electron chi connectivity index (χ3n) is 6.50. The minimum atomic E-state index is -0.390. The highest BCUT2D eigenvalue weighted by Gasteiger charge is 2.26. The van der Waals surface area contributed by atoms with E-state index in [0.29, 0.717) is 39.0 Å². The second kappa shape index (κ2) is 9.68. The van der Waals surface area contributed by atoms with Crippen LogP contribution in [0.3, 0.4) is 0 Å². The van der Waals surface area contributed by atoms with E-state index >= 15 is 0 Å². The summed E-state index contributed by atoms with van der Waals surface area (Å²) in [4.78, 5) is 21.9. The Morgan fingerprint density at radius 1 is 1.14 bits per heavy atom. The first kappa shape index (κ1) is 23.3. The van der Waals surface area contributed by atoms with Crippen LogP contribution in [0.1, 0.15) is 29.6 Å². The summed E-state index contributed by atoms with van der Waals surface area (Å²) in [5.74, 6) is -0.635. The van der Waals surface area contributed by atoms with Gasteiger partial charge in [0.15, 0.2) is 5.58 Å². The highest BCUT2D eigenvalue weighted by Crippen LogP contribution is 2.30. The van der Waals surface area contributed by atoms with E-state index in [1.807, 2.05) is 19.2 Å². The zero-order valence-electron chi connectivity index (χ0n) is 19.6. The van der Waals surface area contributed by atoms with Crippen LogP contribution in [-0.4, -0.2) is 42.6 Å².